The van der Waals surface area contributed by atoms with Crippen molar-refractivity contribution < 1.29 is 13.9 Å². The molecule has 0 aromatic heterocycles. The Balaban J connectivity index is 2.41. The molecule has 2 unspecified atom stereocenters. The lowest BCUT2D eigenvalue weighted by molar-refractivity contribution is -0.0683. The van der Waals surface area contributed by atoms with Crippen molar-refractivity contribution in [3.05, 3.63) is 0 Å². The summed E-state index contributed by atoms with van der Waals surface area (Å²) in [6.45, 7) is 0. The molecule has 2 atom stereocenters. The Morgan fingerprint density at radius 2 is 2.00 bits per heavy atom. The van der Waals surface area contributed by atoms with Gasteiger partial charge in [0.2, 0.25) is 0 Å². The molecule has 0 aromatic carbocycles. The molecule has 0 heterocycles. The number of rotatable bonds is 0. The summed E-state index contributed by atoms with van der Waals surface area (Å²) >= 11 is 0. The van der Waals surface area contributed by atoms with E-state index in [0.717, 1.165) is 0 Å². The fourth-order valence-corrected chi connectivity index (χ4v) is 0.185. The van der Waals surface area contributed by atoms with Crippen LogP contribution in [0.2, 0.25) is 0 Å². The summed E-state index contributed by atoms with van der Waals surface area (Å²) in [5, 5.41) is 9.50. The molecule has 0 amide bonds. The lowest BCUT2D eigenvalue weighted by Gasteiger charge is -1.79. The van der Waals surface area contributed by atoms with Gasteiger partial charge < -0.3 is 0 Å². The molecule has 1 nitrogen and oxygen atoms in total. The van der Waals surface area contributed by atoms with Gasteiger partial charge in [0.15, 0.2) is 6.17 Å². The lowest BCUT2D eigenvalue weighted by Crippen LogP contribution is -1.96. The van der Waals surface area contributed by atoms with Crippen molar-refractivity contribution in [2.45, 2.75) is 18.4 Å². The standard InChI is InChI=1S/C3H3F2O/c4-2-1-3(2,5)6/h2H,1H2. The van der Waals surface area contributed by atoms with Crippen LogP contribution in [0.5, 0.6) is 0 Å². The second-order valence-corrected chi connectivity index (χ2v) is 1.46. The number of alkyl halides is 2. The Labute approximate surface area is 33.6 Å². The second-order valence-electron chi connectivity index (χ2n) is 1.46. The van der Waals surface area contributed by atoms with Gasteiger partial charge in [-0.15, -0.1) is 0 Å². The summed E-state index contributed by atoms with van der Waals surface area (Å²) < 4.78 is 22.5. The largest absolute Gasteiger partial charge is 0.274 e. The molecule has 1 rings (SSSR count). The molecule has 0 aromatic rings. The normalized spacial score (nSPS) is 55.5. The van der Waals surface area contributed by atoms with Crippen LogP contribution in [0.3, 0.4) is 0 Å². The molecule has 3 heteroatoms. The van der Waals surface area contributed by atoms with E-state index in [9.17, 15) is 13.9 Å². The van der Waals surface area contributed by atoms with E-state index < -0.39 is 18.4 Å². The van der Waals surface area contributed by atoms with Crippen molar-refractivity contribution in [3.8, 4) is 0 Å². The topological polar surface area (TPSA) is 19.9 Å². The summed E-state index contributed by atoms with van der Waals surface area (Å²) in [6, 6.07) is 0. The van der Waals surface area contributed by atoms with Crippen molar-refractivity contribution in [2.75, 3.05) is 0 Å². The van der Waals surface area contributed by atoms with Crippen LogP contribution in [-0.4, -0.2) is 12.0 Å². The maximum absolute atomic E-state index is 11.3. The fraction of sp³-hybridized carbons (Fsp3) is 1.00. The minimum absolute atomic E-state index is 0.451. The van der Waals surface area contributed by atoms with E-state index in [4.69, 9.17) is 0 Å². The highest BCUT2D eigenvalue weighted by Gasteiger charge is 2.57. The number of hydrogen-bond acceptors (Lipinski definition) is 0. The Morgan fingerprint density at radius 3 is 2.00 bits per heavy atom. The maximum atomic E-state index is 11.3. The Kier molecular flexibility index (Phi) is 0.485. The van der Waals surface area contributed by atoms with Gasteiger partial charge in [0.1, 0.15) is 0 Å². The van der Waals surface area contributed by atoms with Crippen molar-refractivity contribution in [2.24, 2.45) is 0 Å². The second kappa shape index (κ2) is 0.729. The first-order chi connectivity index (χ1) is 2.63. The van der Waals surface area contributed by atoms with Crippen molar-refractivity contribution in [3.63, 3.8) is 0 Å². The SMILES string of the molecule is [O]C1(F)CC1F. The first kappa shape index (κ1) is 3.99. The molecule has 1 radical (unpaired) electrons. The van der Waals surface area contributed by atoms with Crippen LogP contribution in [-0.2, 0) is 5.11 Å². The van der Waals surface area contributed by atoms with Crippen LogP contribution < -0.4 is 0 Å². The minimum Gasteiger partial charge on any atom is -0.241 e. The molecule has 6 heavy (non-hydrogen) atoms. The third-order valence-electron chi connectivity index (χ3n) is 0.765. The predicted molar refractivity (Wildman–Crippen MR) is 14.0 cm³/mol. The van der Waals surface area contributed by atoms with Crippen molar-refractivity contribution in [1.29, 1.82) is 0 Å². The van der Waals surface area contributed by atoms with E-state index in [-0.39, 0.29) is 0 Å². The van der Waals surface area contributed by atoms with Crippen LogP contribution in [0.15, 0.2) is 0 Å². The van der Waals surface area contributed by atoms with E-state index in [1.807, 2.05) is 0 Å². The Bertz CT molecular complexity index is 71.2. The summed E-state index contributed by atoms with van der Waals surface area (Å²) in [5.41, 5.74) is 0. The zero-order chi connectivity index (χ0) is 4.78. The molecule has 1 aliphatic carbocycles. The van der Waals surface area contributed by atoms with Crippen LogP contribution >= 0.6 is 0 Å². The number of hydrogen-bond donors (Lipinski definition) is 0. The highest BCUT2D eigenvalue weighted by Crippen LogP contribution is 2.40. The van der Waals surface area contributed by atoms with Crippen LogP contribution in [0.1, 0.15) is 6.42 Å². The van der Waals surface area contributed by atoms with Gasteiger partial charge in [-0.2, -0.15) is 5.11 Å². The molecular weight excluding hydrogens is 90.0 g/mol. The zero-order valence-electron chi connectivity index (χ0n) is 2.95. The summed E-state index contributed by atoms with van der Waals surface area (Å²) in [4.78, 5) is 0. The molecular formula is C3H3F2O. The van der Waals surface area contributed by atoms with Crippen LogP contribution in [0.25, 0.3) is 0 Å². The van der Waals surface area contributed by atoms with Gasteiger partial charge in [-0.1, -0.05) is 0 Å². The van der Waals surface area contributed by atoms with Gasteiger partial charge in [-0.25, -0.2) is 8.78 Å². The van der Waals surface area contributed by atoms with Crippen molar-refractivity contribution in [1.82, 2.24) is 0 Å². The maximum Gasteiger partial charge on any atom is 0.274 e. The first-order valence-corrected chi connectivity index (χ1v) is 1.66. The molecule has 1 aliphatic rings. The monoisotopic (exact) mass is 93.0 g/mol. The molecule has 0 saturated heterocycles. The molecule has 1 saturated carbocycles. The molecule has 0 aliphatic heterocycles. The van der Waals surface area contributed by atoms with Gasteiger partial charge in [0, 0.05) is 6.42 Å². The Hall–Kier alpha value is -0.180. The molecule has 35 valence electrons. The van der Waals surface area contributed by atoms with Gasteiger partial charge >= 0.3 is 0 Å². The van der Waals surface area contributed by atoms with E-state index in [0.29, 0.717) is 0 Å². The highest BCUT2D eigenvalue weighted by molar-refractivity contribution is 4.94. The van der Waals surface area contributed by atoms with Gasteiger partial charge in [0.05, 0.1) is 0 Å². The van der Waals surface area contributed by atoms with Crippen LogP contribution in [0.4, 0.5) is 8.78 Å². The van der Waals surface area contributed by atoms with Crippen molar-refractivity contribution >= 4 is 0 Å². The molecule has 0 bridgehead atoms. The third kappa shape index (κ3) is 0.391. The summed E-state index contributed by atoms with van der Waals surface area (Å²) in [6.07, 6.45) is -2.18. The molecule has 0 N–H and O–H groups in total. The average molecular weight is 93.1 g/mol. The van der Waals surface area contributed by atoms with E-state index in [1.54, 1.807) is 0 Å². The van der Waals surface area contributed by atoms with E-state index >= 15 is 0 Å². The molecule has 1 fully saturated rings. The van der Waals surface area contributed by atoms with E-state index in [1.165, 1.54) is 0 Å². The summed E-state index contributed by atoms with van der Waals surface area (Å²) in [5.74, 6) is -2.71. The van der Waals surface area contributed by atoms with E-state index in [2.05, 4.69) is 0 Å². The van der Waals surface area contributed by atoms with Crippen LogP contribution in [0, 0.1) is 0 Å². The third-order valence-corrected chi connectivity index (χ3v) is 0.765. The van der Waals surface area contributed by atoms with Gasteiger partial charge in [0.25, 0.3) is 5.85 Å². The minimum atomic E-state index is -2.71. The number of halogens is 2. The predicted octanol–water partition coefficient (Wildman–Crippen LogP) is 0.825. The van der Waals surface area contributed by atoms with Gasteiger partial charge in [-0.05, 0) is 0 Å². The average Bonchev–Trinajstić information content (AvgIpc) is 1.73. The smallest absolute Gasteiger partial charge is 0.241 e. The fourth-order valence-electron chi connectivity index (χ4n) is 0.185. The molecule has 0 spiro atoms. The quantitative estimate of drug-likeness (QED) is 0.422. The van der Waals surface area contributed by atoms with Gasteiger partial charge in [-0.3, -0.25) is 0 Å². The lowest BCUT2D eigenvalue weighted by atomic mass is 10.8. The Morgan fingerprint density at radius 1 is 1.83 bits per heavy atom. The highest BCUT2D eigenvalue weighted by atomic mass is 19.2. The first-order valence-electron chi connectivity index (χ1n) is 1.66. The zero-order valence-corrected chi connectivity index (χ0v) is 2.95. The summed E-state index contributed by atoms with van der Waals surface area (Å²) in [7, 11) is 0.